The zero-order chi connectivity index (χ0) is 15.4. The third kappa shape index (κ3) is 4.38. The summed E-state index contributed by atoms with van der Waals surface area (Å²) in [7, 11) is 0. The van der Waals surface area contributed by atoms with Gasteiger partial charge in [0.15, 0.2) is 0 Å². The van der Waals surface area contributed by atoms with E-state index in [-0.39, 0.29) is 11.9 Å². The summed E-state index contributed by atoms with van der Waals surface area (Å²) in [6, 6.07) is 7.55. The summed E-state index contributed by atoms with van der Waals surface area (Å²) in [4.78, 5) is 2.63. The van der Waals surface area contributed by atoms with Gasteiger partial charge in [-0.25, -0.2) is 4.39 Å². The molecule has 0 amide bonds. The summed E-state index contributed by atoms with van der Waals surface area (Å²) in [5, 5.41) is 3.55. The summed E-state index contributed by atoms with van der Waals surface area (Å²) >= 11 is 5.23. The topological polar surface area (TPSA) is 12.0 Å². The summed E-state index contributed by atoms with van der Waals surface area (Å²) in [5.41, 5.74) is 2.06. The van der Waals surface area contributed by atoms with Crippen LogP contribution >= 0.6 is 27.3 Å². The molecule has 1 nitrogen and oxygen atoms in total. The maximum absolute atomic E-state index is 14.0. The molecule has 114 valence electrons. The molecule has 0 aliphatic carbocycles. The molecule has 0 radical (unpaired) electrons. The van der Waals surface area contributed by atoms with Crippen LogP contribution in [0.15, 0.2) is 28.7 Å². The second-order valence-electron chi connectivity index (χ2n) is 5.33. The van der Waals surface area contributed by atoms with E-state index in [0.29, 0.717) is 6.42 Å². The van der Waals surface area contributed by atoms with Crippen LogP contribution < -0.4 is 5.32 Å². The number of benzene rings is 1. The van der Waals surface area contributed by atoms with Crippen molar-refractivity contribution in [3.05, 3.63) is 55.4 Å². The van der Waals surface area contributed by atoms with E-state index in [9.17, 15) is 4.39 Å². The summed E-state index contributed by atoms with van der Waals surface area (Å²) < 4.78 is 14.9. The Morgan fingerprint density at radius 2 is 2.05 bits per heavy atom. The van der Waals surface area contributed by atoms with Crippen LogP contribution in [-0.2, 0) is 6.42 Å². The normalized spacial score (nSPS) is 12.6. The van der Waals surface area contributed by atoms with E-state index in [1.54, 1.807) is 17.4 Å². The first-order chi connectivity index (χ1) is 10.0. The number of thiophene rings is 1. The van der Waals surface area contributed by atoms with E-state index in [1.165, 1.54) is 21.4 Å². The Morgan fingerprint density at radius 3 is 2.67 bits per heavy atom. The van der Waals surface area contributed by atoms with Gasteiger partial charge in [-0.3, -0.25) is 0 Å². The Hall–Kier alpha value is -0.710. The molecule has 4 heteroatoms. The average molecular weight is 370 g/mol. The number of hydrogen-bond acceptors (Lipinski definition) is 2. The van der Waals surface area contributed by atoms with Crippen molar-refractivity contribution in [1.29, 1.82) is 0 Å². The molecule has 1 aromatic carbocycles. The van der Waals surface area contributed by atoms with Gasteiger partial charge in [-0.15, -0.1) is 11.3 Å². The Balaban J connectivity index is 2.25. The third-order valence-electron chi connectivity index (χ3n) is 3.60. The maximum Gasteiger partial charge on any atom is 0.126 e. The maximum atomic E-state index is 14.0. The molecule has 0 saturated carbocycles. The van der Waals surface area contributed by atoms with Crippen molar-refractivity contribution in [2.24, 2.45) is 0 Å². The molecule has 0 aliphatic heterocycles. The fourth-order valence-electron chi connectivity index (χ4n) is 2.29. The second-order valence-corrected chi connectivity index (χ2v) is 7.54. The largest absolute Gasteiger partial charge is 0.309 e. The van der Waals surface area contributed by atoms with E-state index < -0.39 is 0 Å². The molecule has 0 aliphatic rings. The molecular weight excluding hydrogens is 349 g/mol. The number of nitrogens with one attached hydrogen (secondary N) is 1. The molecule has 21 heavy (non-hydrogen) atoms. The minimum atomic E-state index is -0.133. The van der Waals surface area contributed by atoms with Gasteiger partial charge in [0.2, 0.25) is 0 Å². The number of hydrogen-bond donors (Lipinski definition) is 1. The molecular formula is C17H21BrFNS. The smallest absolute Gasteiger partial charge is 0.126 e. The van der Waals surface area contributed by atoms with Gasteiger partial charge in [0.1, 0.15) is 5.82 Å². The minimum absolute atomic E-state index is 0.133. The number of aryl methyl sites for hydroxylation is 2. The molecule has 1 atom stereocenters. The van der Waals surface area contributed by atoms with Gasteiger partial charge < -0.3 is 5.32 Å². The molecule has 0 saturated heterocycles. The number of halogens is 2. The zero-order valence-corrected chi connectivity index (χ0v) is 15.1. The van der Waals surface area contributed by atoms with Crippen molar-refractivity contribution in [3.8, 4) is 0 Å². The predicted octanol–water partition coefficient (Wildman–Crippen LogP) is 5.55. The van der Waals surface area contributed by atoms with Crippen molar-refractivity contribution >= 4 is 27.3 Å². The van der Waals surface area contributed by atoms with E-state index >= 15 is 0 Å². The van der Waals surface area contributed by atoms with E-state index in [4.69, 9.17) is 0 Å². The minimum Gasteiger partial charge on any atom is -0.309 e. The van der Waals surface area contributed by atoms with Crippen LogP contribution in [0.2, 0.25) is 0 Å². The highest BCUT2D eigenvalue weighted by Gasteiger charge is 2.17. The Labute approximate surface area is 138 Å². The van der Waals surface area contributed by atoms with Crippen LogP contribution in [0.4, 0.5) is 4.39 Å². The molecule has 2 rings (SSSR count). The van der Waals surface area contributed by atoms with E-state index in [0.717, 1.165) is 23.0 Å². The lowest BCUT2D eigenvalue weighted by atomic mass is 10.0. The zero-order valence-electron chi connectivity index (χ0n) is 12.7. The van der Waals surface area contributed by atoms with Crippen LogP contribution in [-0.4, -0.2) is 6.54 Å². The molecule has 0 fully saturated rings. The van der Waals surface area contributed by atoms with Crippen LogP contribution in [0.3, 0.4) is 0 Å². The lowest BCUT2D eigenvalue weighted by Crippen LogP contribution is -2.23. The quantitative estimate of drug-likeness (QED) is 0.703. The van der Waals surface area contributed by atoms with Gasteiger partial charge in [0.25, 0.3) is 0 Å². The first-order valence-corrected chi connectivity index (χ1v) is 8.86. The Morgan fingerprint density at radius 1 is 1.29 bits per heavy atom. The van der Waals surface area contributed by atoms with Gasteiger partial charge in [-0.05, 0) is 68.6 Å². The highest BCUT2D eigenvalue weighted by molar-refractivity contribution is 9.10. The van der Waals surface area contributed by atoms with Gasteiger partial charge in [0, 0.05) is 20.3 Å². The first kappa shape index (κ1) is 16.7. The highest BCUT2D eigenvalue weighted by Crippen LogP contribution is 2.30. The van der Waals surface area contributed by atoms with Crippen LogP contribution in [0, 0.1) is 19.7 Å². The van der Waals surface area contributed by atoms with Crippen molar-refractivity contribution in [1.82, 2.24) is 5.32 Å². The average Bonchev–Trinajstić information content (AvgIpc) is 2.78. The van der Waals surface area contributed by atoms with Gasteiger partial charge in [-0.2, -0.15) is 0 Å². The molecule has 1 unspecified atom stereocenters. The Kier molecular flexibility index (Phi) is 5.97. The molecule has 0 spiro atoms. The van der Waals surface area contributed by atoms with Crippen LogP contribution in [0.5, 0.6) is 0 Å². The molecule has 2 aromatic rings. The van der Waals surface area contributed by atoms with Gasteiger partial charge >= 0.3 is 0 Å². The Bertz CT molecular complexity index is 589. The molecule has 1 N–H and O–H groups in total. The third-order valence-corrected chi connectivity index (χ3v) is 5.36. The predicted molar refractivity (Wildman–Crippen MR) is 92.6 cm³/mol. The van der Waals surface area contributed by atoms with Crippen molar-refractivity contribution in [2.45, 2.75) is 39.7 Å². The van der Waals surface area contributed by atoms with E-state index in [1.807, 2.05) is 6.07 Å². The van der Waals surface area contributed by atoms with Crippen molar-refractivity contribution < 1.29 is 4.39 Å². The van der Waals surface area contributed by atoms with Crippen molar-refractivity contribution in [3.63, 3.8) is 0 Å². The summed E-state index contributed by atoms with van der Waals surface area (Å²) in [6.07, 6.45) is 1.74. The molecule has 1 aromatic heterocycles. The standard InChI is InChI=1S/C17H21BrFNS/c1-4-7-20-16(17-8-11(2)12(3)21-17)10-13-9-14(18)5-6-15(13)19/h5-6,8-9,16,20H,4,7,10H2,1-3H3. The molecule has 0 bridgehead atoms. The number of rotatable bonds is 6. The van der Waals surface area contributed by atoms with Gasteiger partial charge in [0.05, 0.1) is 0 Å². The molecule has 1 heterocycles. The van der Waals surface area contributed by atoms with Crippen molar-refractivity contribution in [2.75, 3.05) is 6.54 Å². The fraction of sp³-hybridized carbons (Fsp3) is 0.412. The van der Waals surface area contributed by atoms with Gasteiger partial charge in [-0.1, -0.05) is 22.9 Å². The lowest BCUT2D eigenvalue weighted by molar-refractivity contribution is 0.519. The monoisotopic (exact) mass is 369 g/mol. The highest BCUT2D eigenvalue weighted by atomic mass is 79.9. The summed E-state index contributed by atoms with van der Waals surface area (Å²) in [6.45, 7) is 7.36. The fourth-order valence-corrected chi connectivity index (χ4v) is 3.81. The SMILES string of the molecule is CCCNC(Cc1cc(Br)ccc1F)c1cc(C)c(C)s1. The summed E-state index contributed by atoms with van der Waals surface area (Å²) in [5.74, 6) is -0.133. The first-order valence-electron chi connectivity index (χ1n) is 7.25. The van der Waals surface area contributed by atoms with Crippen LogP contribution in [0.25, 0.3) is 0 Å². The second kappa shape index (κ2) is 7.52. The lowest BCUT2D eigenvalue weighted by Gasteiger charge is -2.18. The van der Waals surface area contributed by atoms with E-state index in [2.05, 4.69) is 48.1 Å². The van der Waals surface area contributed by atoms with Crippen LogP contribution in [0.1, 0.15) is 40.3 Å².